The van der Waals surface area contributed by atoms with Crippen molar-refractivity contribution in [1.82, 2.24) is 19.9 Å². The van der Waals surface area contributed by atoms with Gasteiger partial charge in [0.25, 0.3) is 0 Å². The molecule has 1 fully saturated rings. The Morgan fingerprint density at radius 1 is 1.24 bits per heavy atom. The van der Waals surface area contributed by atoms with E-state index in [1.165, 1.54) is 0 Å². The summed E-state index contributed by atoms with van der Waals surface area (Å²) in [5, 5.41) is 14.6. The highest BCUT2D eigenvalue weighted by atomic mass is 32.2. The summed E-state index contributed by atoms with van der Waals surface area (Å²) in [4.78, 5) is 26.1. The number of carbonyl (C=O) groups is 2. The zero-order valence-corrected chi connectivity index (χ0v) is 19.4. The van der Waals surface area contributed by atoms with Crippen LogP contribution in [0.4, 0.5) is 4.79 Å². The second-order valence-corrected chi connectivity index (χ2v) is 10.0. The van der Waals surface area contributed by atoms with Crippen LogP contribution < -0.4 is 10.1 Å². The van der Waals surface area contributed by atoms with E-state index in [0.29, 0.717) is 17.2 Å². The van der Waals surface area contributed by atoms with Crippen molar-refractivity contribution in [3.63, 3.8) is 0 Å². The Morgan fingerprint density at radius 3 is 2.55 bits per heavy atom. The van der Waals surface area contributed by atoms with Gasteiger partial charge >= 0.3 is 6.09 Å². The predicted octanol–water partition coefficient (Wildman–Crippen LogP) is 2.78. The average molecular weight is 475 g/mol. The van der Waals surface area contributed by atoms with Crippen LogP contribution in [-0.2, 0) is 9.84 Å². The van der Waals surface area contributed by atoms with E-state index in [9.17, 15) is 18.0 Å². The number of fused-ring (bicyclic) bond motifs is 1. The normalized spacial score (nSPS) is 13.2. The number of amides is 1. The van der Waals surface area contributed by atoms with Gasteiger partial charge in [-0.05, 0) is 38.0 Å². The lowest BCUT2D eigenvalue weighted by Crippen LogP contribution is -2.26. The third kappa shape index (κ3) is 6.51. The van der Waals surface area contributed by atoms with Crippen LogP contribution in [-0.4, -0.2) is 65.7 Å². The summed E-state index contributed by atoms with van der Waals surface area (Å²) >= 11 is 0. The predicted molar refractivity (Wildman–Crippen MR) is 123 cm³/mol. The molecule has 4 rings (SSSR count). The molecule has 0 spiro atoms. The molecule has 1 aromatic carbocycles. The fraction of sp³-hybridized carbons (Fsp3) is 0.364. The second-order valence-electron chi connectivity index (χ2n) is 7.77. The molecule has 0 radical (unpaired) electrons. The van der Waals surface area contributed by atoms with Gasteiger partial charge in [0.1, 0.15) is 9.84 Å². The van der Waals surface area contributed by atoms with E-state index in [2.05, 4.69) is 10.1 Å². The minimum absolute atomic E-state index is 0.0475. The molecule has 1 aliphatic carbocycles. The molecule has 1 amide bonds. The quantitative estimate of drug-likeness (QED) is 0.498. The topological polar surface area (TPSA) is 140 Å². The lowest BCUT2D eigenvalue weighted by atomic mass is 10.1. The number of pyridine rings is 1. The van der Waals surface area contributed by atoms with E-state index in [-0.39, 0.29) is 18.1 Å². The lowest BCUT2D eigenvalue weighted by molar-refractivity contribution is 0.101. The number of ketones is 1. The van der Waals surface area contributed by atoms with Crippen molar-refractivity contribution in [2.45, 2.75) is 25.7 Å². The van der Waals surface area contributed by atoms with Gasteiger partial charge in [0, 0.05) is 29.8 Å². The summed E-state index contributed by atoms with van der Waals surface area (Å²) in [6.45, 7) is 1.53. The number of carbonyl (C=O) groups excluding carboxylic acids is 1. The number of Topliss-reactive ketones (excluding diaryl/α,β-unsaturated/α-hetero) is 1. The highest BCUT2D eigenvalue weighted by Gasteiger charge is 2.29. The number of nitrogens with zero attached hydrogens (tertiary/aromatic N) is 3. The van der Waals surface area contributed by atoms with Gasteiger partial charge < -0.3 is 15.2 Å². The van der Waals surface area contributed by atoms with Gasteiger partial charge in [0.05, 0.1) is 18.6 Å². The third-order valence-corrected chi connectivity index (χ3v) is 5.89. The van der Waals surface area contributed by atoms with E-state index in [0.717, 1.165) is 41.8 Å². The van der Waals surface area contributed by atoms with Crippen LogP contribution in [0.15, 0.2) is 36.4 Å². The SMILES string of the molecule is COc1ccc(-c2cccc(C(C)=O)c2)n2nc(C3CC3)nc12.CS(=O)(=O)CCNC(=O)O. The number of aromatic nitrogens is 3. The van der Waals surface area contributed by atoms with Crippen molar-refractivity contribution >= 4 is 27.4 Å². The Labute approximate surface area is 191 Å². The van der Waals surface area contributed by atoms with Crippen LogP contribution in [0.3, 0.4) is 0 Å². The number of benzene rings is 1. The van der Waals surface area contributed by atoms with E-state index in [1.807, 2.05) is 46.2 Å². The number of carboxylic acid groups (broad SMARTS) is 1. The van der Waals surface area contributed by atoms with Crippen LogP contribution in [0.25, 0.3) is 16.9 Å². The van der Waals surface area contributed by atoms with Crippen molar-refractivity contribution in [3.8, 4) is 17.0 Å². The first-order valence-corrected chi connectivity index (χ1v) is 12.3. The molecular weight excluding hydrogens is 448 g/mol. The molecule has 0 unspecified atom stereocenters. The van der Waals surface area contributed by atoms with Gasteiger partial charge in [0.2, 0.25) is 0 Å². The number of hydrogen-bond acceptors (Lipinski definition) is 7. The zero-order valence-electron chi connectivity index (χ0n) is 18.6. The van der Waals surface area contributed by atoms with Crippen molar-refractivity contribution in [1.29, 1.82) is 0 Å². The molecule has 0 aliphatic heterocycles. The first-order valence-electron chi connectivity index (χ1n) is 10.3. The number of nitrogens with one attached hydrogen (secondary N) is 1. The Bertz CT molecular complexity index is 1280. The Kier molecular flexibility index (Phi) is 7.32. The Hall–Kier alpha value is -3.47. The molecule has 0 bridgehead atoms. The summed E-state index contributed by atoms with van der Waals surface area (Å²) in [7, 11) is -1.41. The van der Waals surface area contributed by atoms with Gasteiger partial charge in [-0.3, -0.25) is 4.79 Å². The van der Waals surface area contributed by atoms with E-state index < -0.39 is 15.9 Å². The fourth-order valence-corrected chi connectivity index (χ4v) is 3.56. The summed E-state index contributed by atoms with van der Waals surface area (Å²) in [5.74, 6) is 1.94. The molecule has 2 heterocycles. The minimum Gasteiger partial charge on any atom is -0.493 e. The van der Waals surface area contributed by atoms with Gasteiger partial charge in [-0.1, -0.05) is 18.2 Å². The molecular formula is C22H26N4O6S. The fourth-order valence-electron chi connectivity index (χ4n) is 3.09. The number of hydrogen-bond donors (Lipinski definition) is 2. The van der Waals surface area contributed by atoms with Gasteiger partial charge in [-0.2, -0.15) is 5.10 Å². The molecule has 10 nitrogen and oxygen atoms in total. The van der Waals surface area contributed by atoms with Crippen molar-refractivity contribution in [3.05, 3.63) is 47.8 Å². The molecule has 2 aromatic heterocycles. The molecule has 11 heteroatoms. The van der Waals surface area contributed by atoms with Crippen molar-refractivity contribution < 1.29 is 27.9 Å². The van der Waals surface area contributed by atoms with Crippen LogP contribution in [0, 0.1) is 0 Å². The molecule has 0 atom stereocenters. The number of ether oxygens (including phenoxy) is 1. The van der Waals surface area contributed by atoms with E-state index in [1.54, 1.807) is 14.0 Å². The highest BCUT2D eigenvalue weighted by Crippen LogP contribution is 2.39. The summed E-state index contributed by atoms with van der Waals surface area (Å²) in [6, 6.07) is 11.4. The first-order chi connectivity index (χ1) is 15.6. The lowest BCUT2D eigenvalue weighted by Gasteiger charge is -2.08. The Balaban J connectivity index is 0.000000262. The van der Waals surface area contributed by atoms with Gasteiger partial charge in [0.15, 0.2) is 23.0 Å². The summed E-state index contributed by atoms with van der Waals surface area (Å²) in [6.07, 6.45) is 2.14. The monoisotopic (exact) mass is 474 g/mol. The maximum atomic E-state index is 11.6. The Morgan fingerprint density at radius 2 is 1.97 bits per heavy atom. The van der Waals surface area contributed by atoms with E-state index >= 15 is 0 Å². The van der Waals surface area contributed by atoms with Crippen molar-refractivity contribution in [2.24, 2.45) is 0 Å². The molecule has 2 N–H and O–H groups in total. The maximum absolute atomic E-state index is 11.6. The molecule has 3 aromatic rings. The highest BCUT2D eigenvalue weighted by molar-refractivity contribution is 7.90. The standard InChI is InChI=1S/C18H17N3O2.C4H9NO4S/c1-11(22)13-4-3-5-14(10-13)15-8-9-16(23-2)18-19-17(12-6-7-12)20-21(15)18;1-10(8,9)3-2-5-4(6)7/h3-5,8-10,12H,6-7H2,1-2H3;5H,2-3H2,1H3,(H,6,7). The van der Waals surface area contributed by atoms with E-state index in [4.69, 9.17) is 9.84 Å². The molecule has 1 saturated carbocycles. The van der Waals surface area contributed by atoms with Crippen LogP contribution in [0.2, 0.25) is 0 Å². The second kappa shape index (κ2) is 9.99. The third-order valence-electron chi connectivity index (χ3n) is 4.94. The molecule has 1 aliphatic rings. The number of sulfone groups is 1. The molecule has 0 saturated heterocycles. The van der Waals surface area contributed by atoms with Crippen LogP contribution >= 0.6 is 0 Å². The average Bonchev–Trinajstić information content (AvgIpc) is 3.50. The molecule has 176 valence electrons. The zero-order chi connectivity index (χ0) is 24.2. The first kappa shape index (κ1) is 24.2. The molecule has 33 heavy (non-hydrogen) atoms. The van der Waals surface area contributed by atoms with Gasteiger partial charge in [-0.15, -0.1) is 0 Å². The van der Waals surface area contributed by atoms with Crippen LogP contribution in [0.5, 0.6) is 5.75 Å². The maximum Gasteiger partial charge on any atom is 0.404 e. The minimum atomic E-state index is -3.05. The van der Waals surface area contributed by atoms with Crippen LogP contribution in [0.1, 0.15) is 41.9 Å². The van der Waals surface area contributed by atoms with Crippen molar-refractivity contribution in [2.75, 3.05) is 25.7 Å². The number of rotatable bonds is 7. The summed E-state index contributed by atoms with van der Waals surface area (Å²) < 4.78 is 28.0. The smallest absolute Gasteiger partial charge is 0.404 e. The largest absolute Gasteiger partial charge is 0.493 e. The number of methoxy groups -OCH3 is 1. The van der Waals surface area contributed by atoms with Gasteiger partial charge in [-0.25, -0.2) is 22.7 Å². The summed E-state index contributed by atoms with van der Waals surface area (Å²) in [5.41, 5.74) is 3.26.